The molecule has 58 heavy (non-hydrogen) atoms. The van der Waals surface area contributed by atoms with Gasteiger partial charge in [0, 0.05) is 33.5 Å². The lowest BCUT2D eigenvalue weighted by molar-refractivity contribution is 1.18. The lowest BCUT2D eigenvalue weighted by Gasteiger charge is -2.25. The molecule has 11 aromatic rings. The van der Waals surface area contributed by atoms with Crippen LogP contribution in [-0.2, 0) is 0 Å². The predicted molar refractivity (Wildman–Crippen MR) is 247 cm³/mol. The first-order valence-electron chi connectivity index (χ1n) is 19.9. The van der Waals surface area contributed by atoms with Gasteiger partial charge in [0.25, 0.3) is 0 Å². The Balaban J connectivity index is 1.05. The number of benzene rings is 10. The van der Waals surface area contributed by atoms with Crippen molar-refractivity contribution in [3.05, 3.63) is 231 Å². The van der Waals surface area contributed by atoms with E-state index in [2.05, 4.69) is 240 Å². The first-order chi connectivity index (χ1) is 28.8. The number of hydrogen-bond acceptors (Lipinski definition) is 1. The van der Waals surface area contributed by atoms with Gasteiger partial charge in [0.15, 0.2) is 0 Å². The van der Waals surface area contributed by atoms with E-state index in [0.717, 1.165) is 22.7 Å². The number of aromatic nitrogens is 1. The maximum absolute atomic E-state index is 2.41. The minimum absolute atomic E-state index is 1.12. The third-order valence-corrected chi connectivity index (χ3v) is 11.5. The molecule has 272 valence electrons. The van der Waals surface area contributed by atoms with E-state index in [1.54, 1.807) is 0 Å². The largest absolute Gasteiger partial charge is 0.310 e. The van der Waals surface area contributed by atoms with Crippen LogP contribution in [0.2, 0.25) is 0 Å². The maximum atomic E-state index is 2.41. The molecule has 0 atom stereocenters. The van der Waals surface area contributed by atoms with Crippen LogP contribution < -0.4 is 4.90 Å². The van der Waals surface area contributed by atoms with Gasteiger partial charge in [-0.1, -0.05) is 164 Å². The molecule has 0 aliphatic rings. The topological polar surface area (TPSA) is 8.17 Å². The molecular formula is C56H38N2. The number of nitrogens with zero attached hydrogens (tertiary/aromatic N) is 2. The average Bonchev–Trinajstić information content (AvgIpc) is 3.63. The van der Waals surface area contributed by atoms with E-state index in [-0.39, 0.29) is 0 Å². The highest BCUT2D eigenvalue weighted by atomic mass is 15.1. The first kappa shape index (κ1) is 33.6. The summed E-state index contributed by atoms with van der Waals surface area (Å²) in [5.41, 5.74) is 14.3. The predicted octanol–water partition coefficient (Wildman–Crippen LogP) is 15.6. The molecule has 2 nitrogen and oxygen atoms in total. The van der Waals surface area contributed by atoms with Crippen molar-refractivity contribution in [2.24, 2.45) is 0 Å². The average molecular weight is 739 g/mol. The molecule has 0 bridgehead atoms. The summed E-state index contributed by atoms with van der Waals surface area (Å²) in [7, 11) is 0. The zero-order valence-corrected chi connectivity index (χ0v) is 31.8. The third-order valence-electron chi connectivity index (χ3n) is 11.5. The zero-order chi connectivity index (χ0) is 38.4. The maximum Gasteiger partial charge on any atom is 0.0542 e. The standard InChI is InChI=1S/C56H38N2/c1-4-17-39(18-5-1)41-19-16-20-42(37-41)56-50-28-12-10-26-48(50)55(49-27-11-13-29-51(49)56)40-31-33-45(34-32-40)58-53-30-15-14-25-47(53)52-38-46(35-36-54(52)58)57(43-21-6-2-7-22-43)44-23-8-3-9-24-44/h1-38H. The Labute approximate surface area is 338 Å². The molecule has 0 fully saturated rings. The SMILES string of the molecule is c1ccc(-c2cccc(-c3c4ccccc4c(-c4ccc(-n5c6ccccc6c6cc(N(c7ccccc7)c7ccccc7)ccc65)cc4)c4ccccc34)c2)cc1. The Morgan fingerprint density at radius 3 is 1.33 bits per heavy atom. The Kier molecular flexibility index (Phi) is 8.19. The molecule has 0 N–H and O–H groups in total. The molecule has 0 amide bonds. The van der Waals surface area contributed by atoms with Crippen LogP contribution in [0, 0.1) is 0 Å². The van der Waals surface area contributed by atoms with Gasteiger partial charge in [0.2, 0.25) is 0 Å². The van der Waals surface area contributed by atoms with E-state index in [1.807, 2.05) is 0 Å². The molecule has 11 rings (SSSR count). The lowest BCUT2D eigenvalue weighted by Crippen LogP contribution is -2.09. The Bertz CT molecular complexity index is 3160. The van der Waals surface area contributed by atoms with Gasteiger partial charge < -0.3 is 9.47 Å². The molecule has 0 aliphatic heterocycles. The van der Waals surface area contributed by atoms with E-state index in [1.165, 1.54) is 76.7 Å². The van der Waals surface area contributed by atoms with Gasteiger partial charge in [-0.2, -0.15) is 0 Å². The van der Waals surface area contributed by atoms with Crippen LogP contribution in [0.25, 0.3) is 82.4 Å². The van der Waals surface area contributed by atoms with Crippen LogP contribution >= 0.6 is 0 Å². The molecule has 0 unspecified atom stereocenters. The summed E-state index contributed by atoms with van der Waals surface area (Å²) in [5.74, 6) is 0. The van der Waals surface area contributed by atoms with Gasteiger partial charge in [0.05, 0.1) is 11.0 Å². The van der Waals surface area contributed by atoms with E-state index in [0.29, 0.717) is 0 Å². The van der Waals surface area contributed by atoms with Crippen LogP contribution in [0.15, 0.2) is 231 Å². The van der Waals surface area contributed by atoms with Crippen LogP contribution in [0.3, 0.4) is 0 Å². The lowest BCUT2D eigenvalue weighted by atomic mass is 9.85. The fraction of sp³-hybridized carbons (Fsp3) is 0. The highest BCUT2D eigenvalue weighted by Gasteiger charge is 2.19. The van der Waals surface area contributed by atoms with Crippen LogP contribution in [0.4, 0.5) is 17.1 Å². The number of para-hydroxylation sites is 3. The highest BCUT2D eigenvalue weighted by molar-refractivity contribution is 6.21. The van der Waals surface area contributed by atoms with Crippen molar-refractivity contribution in [1.29, 1.82) is 0 Å². The Morgan fingerprint density at radius 1 is 0.259 bits per heavy atom. The van der Waals surface area contributed by atoms with E-state index < -0.39 is 0 Å². The molecule has 1 heterocycles. The van der Waals surface area contributed by atoms with E-state index in [4.69, 9.17) is 0 Å². The van der Waals surface area contributed by atoms with Crippen LogP contribution in [0.1, 0.15) is 0 Å². The summed E-state index contributed by atoms with van der Waals surface area (Å²) in [6, 6.07) is 83.5. The second-order valence-electron chi connectivity index (χ2n) is 14.9. The second-order valence-corrected chi connectivity index (χ2v) is 14.9. The van der Waals surface area contributed by atoms with Crippen molar-refractivity contribution in [3.8, 4) is 39.1 Å². The molecule has 1 aromatic heterocycles. The summed E-state index contributed by atoms with van der Waals surface area (Å²) in [6.07, 6.45) is 0. The van der Waals surface area contributed by atoms with Gasteiger partial charge in [0.1, 0.15) is 0 Å². The fourth-order valence-corrected chi connectivity index (χ4v) is 8.99. The van der Waals surface area contributed by atoms with Gasteiger partial charge in [-0.25, -0.2) is 0 Å². The molecule has 0 saturated carbocycles. The van der Waals surface area contributed by atoms with Crippen molar-refractivity contribution >= 4 is 60.4 Å². The van der Waals surface area contributed by atoms with Gasteiger partial charge >= 0.3 is 0 Å². The summed E-state index contributed by atoms with van der Waals surface area (Å²) in [4.78, 5) is 2.33. The van der Waals surface area contributed by atoms with E-state index >= 15 is 0 Å². The van der Waals surface area contributed by atoms with Crippen LogP contribution in [0.5, 0.6) is 0 Å². The normalized spacial score (nSPS) is 11.4. The number of rotatable bonds is 7. The number of fused-ring (bicyclic) bond motifs is 5. The van der Waals surface area contributed by atoms with E-state index in [9.17, 15) is 0 Å². The Morgan fingerprint density at radius 2 is 0.724 bits per heavy atom. The van der Waals surface area contributed by atoms with Gasteiger partial charge in [-0.05, 0) is 122 Å². The Hall–Kier alpha value is -7.68. The van der Waals surface area contributed by atoms with Crippen LogP contribution in [-0.4, -0.2) is 4.57 Å². The zero-order valence-electron chi connectivity index (χ0n) is 31.8. The summed E-state index contributed by atoms with van der Waals surface area (Å²) >= 11 is 0. The van der Waals surface area contributed by atoms with Gasteiger partial charge in [-0.15, -0.1) is 0 Å². The minimum Gasteiger partial charge on any atom is -0.310 e. The first-order valence-corrected chi connectivity index (χ1v) is 19.9. The van der Waals surface area contributed by atoms with Crippen molar-refractivity contribution in [1.82, 2.24) is 4.57 Å². The minimum atomic E-state index is 1.12. The highest BCUT2D eigenvalue weighted by Crippen LogP contribution is 2.45. The number of anilines is 3. The van der Waals surface area contributed by atoms with Gasteiger partial charge in [-0.3, -0.25) is 0 Å². The quantitative estimate of drug-likeness (QED) is 0.148. The second kappa shape index (κ2) is 14.1. The fourth-order valence-electron chi connectivity index (χ4n) is 8.99. The molecule has 2 heteroatoms. The van der Waals surface area contributed by atoms with Crippen molar-refractivity contribution in [2.45, 2.75) is 0 Å². The van der Waals surface area contributed by atoms with Crippen molar-refractivity contribution in [3.63, 3.8) is 0 Å². The molecule has 10 aromatic carbocycles. The summed E-state index contributed by atoms with van der Waals surface area (Å²) < 4.78 is 2.41. The summed E-state index contributed by atoms with van der Waals surface area (Å²) in [6.45, 7) is 0. The molecule has 0 spiro atoms. The number of hydrogen-bond donors (Lipinski definition) is 0. The third kappa shape index (κ3) is 5.66. The van der Waals surface area contributed by atoms with Crippen molar-refractivity contribution < 1.29 is 0 Å². The molecular weight excluding hydrogens is 701 g/mol. The molecule has 0 radical (unpaired) electrons. The summed E-state index contributed by atoms with van der Waals surface area (Å²) in [5, 5.41) is 7.46. The molecule has 0 saturated heterocycles. The monoisotopic (exact) mass is 738 g/mol. The van der Waals surface area contributed by atoms with Crippen molar-refractivity contribution in [2.75, 3.05) is 4.90 Å². The molecule has 0 aliphatic carbocycles. The smallest absolute Gasteiger partial charge is 0.0542 e.